The maximum atomic E-state index is 13.0. The van der Waals surface area contributed by atoms with E-state index in [9.17, 15) is 4.39 Å². The van der Waals surface area contributed by atoms with E-state index in [4.69, 9.17) is 11.6 Å². The van der Waals surface area contributed by atoms with Gasteiger partial charge in [-0.1, -0.05) is 36.7 Å². The van der Waals surface area contributed by atoms with E-state index in [0.717, 1.165) is 17.4 Å². The Morgan fingerprint density at radius 3 is 3.12 bits per heavy atom. The van der Waals surface area contributed by atoms with Gasteiger partial charge in [0, 0.05) is 10.9 Å². The summed E-state index contributed by atoms with van der Waals surface area (Å²) in [5.74, 6) is -0.401. The first-order valence-electron chi connectivity index (χ1n) is 5.62. The number of halogens is 2. The van der Waals surface area contributed by atoms with Crippen LogP contribution >= 0.6 is 23.4 Å². The zero-order valence-electron chi connectivity index (χ0n) is 9.54. The number of hydrogen-bond donors (Lipinski definition) is 1. The SMILES string of the molecule is CCCC1CN=C(Nc2ccc(F)c(Cl)c2)S1. The largest absolute Gasteiger partial charge is 0.335 e. The highest BCUT2D eigenvalue weighted by atomic mass is 35.5. The van der Waals surface area contributed by atoms with Crippen molar-refractivity contribution in [1.82, 2.24) is 0 Å². The fourth-order valence-corrected chi connectivity index (χ4v) is 2.98. The van der Waals surface area contributed by atoms with E-state index in [1.165, 1.54) is 18.9 Å². The molecular weight excluding hydrogens is 259 g/mol. The van der Waals surface area contributed by atoms with Gasteiger partial charge >= 0.3 is 0 Å². The van der Waals surface area contributed by atoms with Gasteiger partial charge in [-0.15, -0.1) is 0 Å². The van der Waals surface area contributed by atoms with Gasteiger partial charge in [0.15, 0.2) is 5.17 Å². The number of anilines is 1. The van der Waals surface area contributed by atoms with Crippen LogP contribution in [-0.2, 0) is 0 Å². The van der Waals surface area contributed by atoms with Crippen LogP contribution in [0.2, 0.25) is 5.02 Å². The highest BCUT2D eigenvalue weighted by Gasteiger charge is 2.18. The summed E-state index contributed by atoms with van der Waals surface area (Å²) in [4.78, 5) is 4.41. The van der Waals surface area contributed by atoms with Crippen LogP contribution in [0.25, 0.3) is 0 Å². The highest BCUT2D eigenvalue weighted by molar-refractivity contribution is 8.15. The van der Waals surface area contributed by atoms with Crippen molar-refractivity contribution in [2.75, 3.05) is 11.9 Å². The van der Waals surface area contributed by atoms with Crippen molar-refractivity contribution in [3.8, 4) is 0 Å². The molecule has 1 aromatic carbocycles. The average Bonchev–Trinajstić information content (AvgIpc) is 2.72. The molecule has 92 valence electrons. The molecule has 5 heteroatoms. The Morgan fingerprint density at radius 2 is 2.41 bits per heavy atom. The molecule has 0 saturated heterocycles. The molecule has 2 rings (SSSR count). The number of amidine groups is 1. The third-order valence-corrected chi connectivity index (χ3v) is 3.96. The summed E-state index contributed by atoms with van der Waals surface area (Å²) in [6, 6.07) is 4.60. The molecule has 17 heavy (non-hydrogen) atoms. The second kappa shape index (κ2) is 5.74. The lowest BCUT2D eigenvalue weighted by Gasteiger charge is -2.08. The van der Waals surface area contributed by atoms with E-state index in [1.54, 1.807) is 23.9 Å². The molecule has 1 aliphatic rings. The predicted molar refractivity (Wildman–Crippen MR) is 73.6 cm³/mol. The van der Waals surface area contributed by atoms with Crippen LogP contribution in [0.15, 0.2) is 23.2 Å². The van der Waals surface area contributed by atoms with Gasteiger partial charge < -0.3 is 5.32 Å². The van der Waals surface area contributed by atoms with Gasteiger partial charge in [0.25, 0.3) is 0 Å². The van der Waals surface area contributed by atoms with E-state index in [2.05, 4.69) is 17.2 Å². The van der Waals surface area contributed by atoms with Crippen LogP contribution in [0, 0.1) is 5.82 Å². The number of rotatable bonds is 3. The predicted octanol–water partition coefficient (Wildman–Crippen LogP) is 4.16. The lowest BCUT2D eigenvalue weighted by Crippen LogP contribution is -2.07. The molecule has 0 spiro atoms. The molecule has 0 fully saturated rings. The monoisotopic (exact) mass is 272 g/mol. The van der Waals surface area contributed by atoms with E-state index in [-0.39, 0.29) is 5.02 Å². The number of thioether (sulfide) groups is 1. The summed E-state index contributed by atoms with van der Waals surface area (Å²) >= 11 is 7.46. The smallest absolute Gasteiger partial charge is 0.161 e. The first-order valence-corrected chi connectivity index (χ1v) is 6.88. The molecule has 2 nitrogen and oxygen atoms in total. The molecule has 0 bridgehead atoms. The molecule has 1 unspecified atom stereocenters. The van der Waals surface area contributed by atoms with Gasteiger partial charge in [0.2, 0.25) is 0 Å². The minimum Gasteiger partial charge on any atom is -0.335 e. The normalized spacial score (nSPS) is 19.2. The van der Waals surface area contributed by atoms with E-state index in [1.807, 2.05) is 0 Å². The summed E-state index contributed by atoms with van der Waals surface area (Å²) < 4.78 is 13.0. The van der Waals surface area contributed by atoms with Crippen LogP contribution in [0.3, 0.4) is 0 Å². The lowest BCUT2D eigenvalue weighted by atomic mass is 10.2. The summed E-state index contributed by atoms with van der Waals surface area (Å²) in [5, 5.41) is 4.75. The summed E-state index contributed by atoms with van der Waals surface area (Å²) in [5.41, 5.74) is 0.778. The summed E-state index contributed by atoms with van der Waals surface area (Å²) in [7, 11) is 0. The van der Waals surface area contributed by atoms with Crippen LogP contribution in [0.1, 0.15) is 19.8 Å². The number of hydrogen-bond acceptors (Lipinski definition) is 3. The van der Waals surface area contributed by atoms with Crippen molar-refractivity contribution >= 4 is 34.2 Å². The van der Waals surface area contributed by atoms with Crippen LogP contribution in [0.4, 0.5) is 10.1 Å². The molecule has 0 amide bonds. The van der Waals surface area contributed by atoms with Crippen molar-refractivity contribution in [1.29, 1.82) is 0 Å². The van der Waals surface area contributed by atoms with Gasteiger partial charge in [-0.3, -0.25) is 4.99 Å². The van der Waals surface area contributed by atoms with Crippen molar-refractivity contribution in [3.05, 3.63) is 29.0 Å². The Balaban J connectivity index is 1.96. The Labute approximate surface area is 110 Å². The Hall–Kier alpha value is -0.740. The quantitative estimate of drug-likeness (QED) is 0.893. The summed E-state index contributed by atoms with van der Waals surface area (Å²) in [6.07, 6.45) is 2.34. The van der Waals surface area contributed by atoms with E-state index < -0.39 is 5.82 Å². The van der Waals surface area contributed by atoms with E-state index >= 15 is 0 Å². The third-order valence-electron chi connectivity index (χ3n) is 2.50. The summed E-state index contributed by atoms with van der Waals surface area (Å²) in [6.45, 7) is 3.03. The molecule has 1 aliphatic heterocycles. The first kappa shape index (κ1) is 12.7. The Kier molecular flexibility index (Phi) is 4.29. The fraction of sp³-hybridized carbons (Fsp3) is 0.417. The molecule has 1 N–H and O–H groups in total. The van der Waals surface area contributed by atoms with Crippen molar-refractivity contribution in [3.63, 3.8) is 0 Å². The van der Waals surface area contributed by atoms with Crippen molar-refractivity contribution in [2.45, 2.75) is 25.0 Å². The molecule has 0 saturated carbocycles. The molecule has 0 radical (unpaired) electrons. The van der Waals surface area contributed by atoms with Crippen molar-refractivity contribution in [2.24, 2.45) is 4.99 Å². The molecule has 1 atom stereocenters. The van der Waals surface area contributed by atoms with Crippen LogP contribution in [0.5, 0.6) is 0 Å². The fourth-order valence-electron chi connectivity index (χ4n) is 1.66. The standard InChI is InChI=1S/C12H14ClFN2S/c1-2-3-9-7-15-12(17-9)16-8-4-5-11(14)10(13)6-8/h4-6,9H,2-3,7H2,1H3,(H,15,16). The number of benzene rings is 1. The first-order chi connectivity index (χ1) is 8.19. The molecule has 1 aromatic rings. The van der Waals surface area contributed by atoms with Gasteiger partial charge in [0.1, 0.15) is 5.82 Å². The van der Waals surface area contributed by atoms with Crippen LogP contribution < -0.4 is 5.32 Å². The maximum Gasteiger partial charge on any atom is 0.161 e. The minimum absolute atomic E-state index is 0.128. The number of nitrogens with zero attached hydrogens (tertiary/aromatic N) is 1. The Morgan fingerprint density at radius 1 is 1.59 bits per heavy atom. The highest BCUT2D eigenvalue weighted by Crippen LogP contribution is 2.27. The Bertz CT molecular complexity index is 437. The minimum atomic E-state index is -0.401. The zero-order valence-corrected chi connectivity index (χ0v) is 11.1. The lowest BCUT2D eigenvalue weighted by molar-refractivity contribution is 0.628. The number of nitrogens with one attached hydrogen (secondary N) is 1. The number of aliphatic imine (C=N–C) groups is 1. The molecule has 0 aromatic heterocycles. The van der Waals surface area contributed by atoms with Crippen molar-refractivity contribution < 1.29 is 4.39 Å². The second-order valence-corrected chi connectivity index (χ2v) is 5.62. The zero-order chi connectivity index (χ0) is 12.3. The van der Waals surface area contributed by atoms with Gasteiger partial charge in [0.05, 0.1) is 11.6 Å². The van der Waals surface area contributed by atoms with Gasteiger partial charge in [-0.25, -0.2) is 4.39 Å². The molecule has 1 heterocycles. The molecular formula is C12H14ClFN2S. The average molecular weight is 273 g/mol. The maximum absolute atomic E-state index is 13.0. The van der Waals surface area contributed by atoms with Crippen LogP contribution in [-0.4, -0.2) is 17.0 Å². The molecule has 0 aliphatic carbocycles. The van der Waals surface area contributed by atoms with E-state index in [0.29, 0.717) is 5.25 Å². The van der Waals surface area contributed by atoms with Gasteiger partial charge in [-0.05, 0) is 24.6 Å². The van der Waals surface area contributed by atoms with Gasteiger partial charge in [-0.2, -0.15) is 0 Å². The topological polar surface area (TPSA) is 24.4 Å². The second-order valence-electron chi connectivity index (χ2n) is 3.93. The third kappa shape index (κ3) is 3.36.